The minimum absolute atomic E-state index is 0.613. The lowest BCUT2D eigenvalue weighted by molar-refractivity contribution is 0.194. The summed E-state index contributed by atoms with van der Waals surface area (Å²) in [6.45, 7) is 3.47. The zero-order chi connectivity index (χ0) is 14.9. The third kappa shape index (κ3) is 16.8. The predicted octanol–water partition coefficient (Wildman–Crippen LogP) is 5.94. The Morgan fingerprint density at radius 1 is 0.750 bits per heavy atom. The summed E-state index contributed by atoms with van der Waals surface area (Å²) in [5, 5.41) is 1.07. The third-order valence-corrected chi connectivity index (χ3v) is 4.55. The second-order valence-electron chi connectivity index (χ2n) is 5.13. The number of hydrogen-bond donors (Lipinski definition) is 1. The molecule has 0 aliphatic heterocycles. The highest BCUT2D eigenvalue weighted by Crippen LogP contribution is 2.33. The molecule has 0 radical (unpaired) electrons. The SMILES string of the molecule is CCCCCCCCCOP(O)OCCCCCCBr. The zero-order valence-corrected chi connectivity index (χ0v) is 15.5. The van der Waals surface area contributed by atoms with Crippen molar-refractivity contribution < 1.29 is 13.9 Å². The number of unbranched alkanes of at least 4 members (excludes halogenated alkanes) is 9. The standard InChI is InChI=1S/C15H32BrO3P/c1-2-3-4-5-6-8-11-14-18-20(17)19-15-12-9-7-10-13-16/h17H,2-15H2,1H3. The van der Waals surface area contributed by atoms with Crippen LogP contribution in [0.15, 0.2) is 0 Å². The Balaban J connectivity index is 3.10. The summed E-state index contributed by atoms with van der Waals surface area (Å²) in [5.74, 6) is 0. The van der Waals surface area contributed by atoms with Crippen LogP contribution >= 0.6 is 24.5 Å². The largest absolute Gasteiger partial charge is 0.329 e. The third-order valence-electron chi connectivity index (χ3n) is 3.18. The van der Waals surface area contributed by atoms with Gasteiger partial charge in [0.1, 0.15) is 0 Å². The van der Waals surface area contributed by atoms with E-state index < -0.39 is 8.60 Å². The molecule has 1 atom stereocenters. The molecule has 0 saturated carbocycles. The van der Waals surface area contributed by atoms with Crippen molar-refractivity contribution in [3.63, 3.8) is 0 Å². The molecule has 122 valence electrons. The van der Waals surface area contributed by atoms with Crippen LogP contribution in [-0.4, -0.2) is 23.4 Å². The van der Waals surface area contributed by atoms with E-state index in [1.165, 1.54) is 51.4 Å². The summed E-state index contributed by atoms with van der Waals surface area (Å²) in [7, 11) is -1.64. The van der Waals surface area contributed by atoms with Crippen LogP contribution in [0.1, 0.15) is 77.6 Å². The first kappa shape index (κ1) is 20.8. The van der Waals surface area contributed by atoms with E-state index in [1.807, 2.05) is 0 Å². The van der Waals surface area contributed by atoms with Crippen molar-refractivity contribution in [2.24, 2.45) is 0 Å². The fraction of sp³-hybridized carbons (Fsp3) is 1.00. The first-order chi connectivity index (χ1) is 9.81. The van der Waals surface area contributed by atoms with E-state index in [4.69, 9.17) is 9.05 Å². The normalized spacial score (nSPS) is 12.8. The van der Waals surface area contributed by atoms with Crippen molar-refractivity contribution in [3.8, 4) is 0 Å². The van der Waals surface area contributed by atoms with Gasteiger partial charge in [-0.3, -0.25) is 0 Å². The molecule has 1 unspecified atom stereocenters. The molecule has 5 heteroatoms. The van der Waals surface area contributed by atoms with E-state index in [9.17, 15) is 4.89 Å². The monoisotopic (exact) mass is 370 g/mol. The van der Waals surface area contributed by atoms with Gasteiger partial charge in [-0.2, -0.15) is 0 Å². The number of rotatable bonds is 16. The maximum absolute atomic E-state index is 9.54. The van der Waals surface area contributed by atoms with Gasteiger partial charge >= 0.3 is 8.60 Å². The quantitative estimate of drug-likeness (QED) is 0.207. The van der Waals surface area contributed by atoms with Gasteiger partial charge in [-0.05, 0) is 19.3 Å². The van der Waals surface area contributed by atoms with Crippen LogP contribution in [0.3, 0.4) is 0 Å². The minimum atomic E-state index is -1.64. The van der Waals surface area contributed by atoms with Crippen LogP contribution in [0.2, 0.25) is 0 Å². The molecular formula is C15H32BrO3P. The van der Waals surface area contributed by atoms with Gasteiger partial charge in [-0.15, -0.1) is 0 Å². The predicted molar refractivity (Wildman–Crippen MR) is 91.3 cm³/mol. The molecule has 0 aliphatic rings. The van der Waals surface area contributed by atoms with Crippen molar-refractivity contribution in [1.29, 1.82) is 0 Å². The van der Waals surface area contributed by atoms with Gasteiger partial charge in [0.05, 0.1) is 13.2 Å². The Morgan fingerprint density at radius 2 is 1.20 bits per heavy atom. The Morgan fingerprint density at radius 3 is 1.70 bits per heavy atom. The van der Waals surface area contributed by atoms with Crippen LogP contribution < -0.4 is 0 Å². The molecule has 0 aliphatic carbocycles. The highest BCUT2D eigenvalue weighted by Gasteiger charge is 2.05. The van der Waals surface area contributed by atoms with E-state index in [1.54, 1.807) is 0 Å². The summed E-state index contributed by atoms with van der Waals surface area (Å²) in [6, 6.07) is 0. The molecule has 0 aromatic rings. The van der Waals surface area contributed by atoms with Crippen LogP contribution in [0.5, 0.6) is 0 Å². The molecule has 0 spiro atoms. The molecule has 0 rings (SSSR count). The summed E-state index contributed by atoms with van der Waals surface area (Å²) in [4.78, 5) is 9.54. The molecule has 0 saturated heterocycles. The van der Waals surface area contributed by atoms with Gasteiger partial charge in [-0.25, -0.2) is 0 Å². The minimum Gasteiger partial charge on any atom is -0.328 e. The molecule has 0 fully saturated rings. The Bertz CT molecular complexity index is 185. The molecule has 1 N–H and O–H groups in total. The summed E-state index contributed by atoms with van der Waals surface area (Å²) >= 11 is 3.41. The first-order valence-corrected chi connectivity index (χ1v) is 10.4. The van der Waals surface area contributed by atoms with Crippen molar-refractivity contribution >= 4 is 24.5 Å². The number of alkyl halides is 1. The lowest BCUT2D eigenvalue weighted by Crippen LogP contribution is -1.95. The maximum atomic E-state index is 9.54. The molecular weight excluding hydrogens is 339 g/mol. The smallest absolute Gasteiger partial charge is 0.328 e. The lowest BCUT2D eigenvalue weighted by Gasteiger charge is -2.10. The maximum Gasteiger partial charge on any atom is 0.329 e. The molecule has 20 heavy (non-hydrogen) atoms. The second-order valence-corrected chi connectivity index (χ2v) is 6.91. The number of halogens is 1. The topological polar surface area (TPSA) is 38.7 Å². The van der Waals surface area contributed by atoms with E-state index in [0.717, 1.165) is 24.6 Å². The van der Waals surface area contributed by atoms with Gasteiger partial charge in [0.2, 0.25) is 0 Å². The summed E-state index contributed by atoms with van der Waals surface area (Å²) in [5.41, 5.74) is 0. The van der Waals surface area contributed by atoms with Crippen LogP contribution in [0.25, 0.3) is 0 Å². The highest BCUT2D eigenvalue weighted by atomic mass is 79.9. The average molecular weight is 371 g/mol. The average Bonchev–Trinajstić information content (AvgIpc) is 2.45. The summed E-state index contributed by atoms with van der Waals surface area (Å²) in [6.07, 6.45) is 13.4. The van der Waals surface area contributed by atoms with Crippen LogP contribution in [0, 0.1) is 0 Å². The first-order valence-electron chi connectivity index (χ1n) is 8.12. The fourth-order valence-electron chi connectivity index (χ4n) is 1.93. The molecule has 0 aromatic heterocycles. The fourth-order valence-corrected chi connectivity index (χ4v) is 2.97. The van der Waals surface area contributed by atoms with Crippen LogP contribution in [-0.2, 0) is 9.05 Å². The van der Waals surface area contributed by atoms with E-state index in [0.29, 0.717) is 13.2 Å². The van der Waals surface area contributed by atoms with Crippen LogP contribution in [0.4, 0.5) is 0 Å². The van der Waals surface area contributed by atoms with E-state index in [2.05, 4.69) is 22.9 Å². The van der Waals surface area contributed by atoms with Crippen molar-refractivity contribution in [2.45, 2.75) is 77.6 Å². The lowest BCUT2D eigenvalue weighted by atomic mass is 10.1. The molecule has 0 amide bonds. The van der Waals surface area contributed by atoms with E-state index >= 15 is 0 Å². The molecule has 0 heterocycles. The van der Waals surface area contributed by atoms with Gasteiger partial charge in [0.25, 0.3) is 0 Å². The second kappa shape index (κ2) is 17.8. The van der Waals surface area contributed by atoms with Gasteiger partial charge in [-0.1, -0.05) is 74.2 Å². The molecule has 3 nitrogen and oxygen atoms in total. The zero-order valence-electron chi connectivity index (χ0n) is 13.0. The van der Waals surface area contributed by atoms with Crippen molar-refractivity contribution in [3.05, 3.63) is 0 Å². The van der Waals surface area contributed by atoms with Crippen molar-refractivity contribution in [2.75, 3.05) is 18.5 Å². The highest BCUT2D eigenvalue weighted by molar-refractivity contribution is 9.09. The molecule has 0 aromatic carbocycles. The van der Waals surface area contributed by atoms with E-state index in [-0.39, 0.29) is 0 Å². The Kier molecular flexibility index (Phi) is 18.5. The van der Waals surface area contributed by atoms with Crippen molar-refractivity contribution in [1.82, 2.24) is 0 Å². The molecule has 0 bridgehead atoms. The van der Waals surface area contributed by atoms with Gasteiger partial charge in [0.15, 0.2) is 0 Å². The van der Waals surface area contributed by atoms with Gasteiger partial charge < -0.3 is 13.9 Å². The van der Waals surface area contributed by atoms with Gasteiger partial charge in [0, 0.05) is 5.33 Å². The summed E-state index contributed by atoms with van der Waals surface area (Å²) < 4.78 is 10.6. The number of hydrogen-bond acceptors (Lipinski definition) is 3. The Labute approximate surface area is 134 Å². The Hall–Kier alpha value is 0.790.